The van der Waals surface area contributed by atoms with Crippen molar-refractivity contribution in [1.29, 1.82) is 0 Å². The van der Waals surface area contributed by atoms with E-state index in [4.69, 9.17) is 9.47 Å². The van der Waals surface area contributed by atoms with Crippen molar-refractivity contribution in [2.75, 3.05) is 6.61 Å². The van der Waals surface area contributed by atoms with Gasteiger partial charge >= 0.3 is 5.97 Å². The van der Waals surface area contributed by atoms with Crippen molar-refractivity contribution in [3.8, 4) is 0 Å². The molecule has 1 saturated carbocycles. The number of hydrogen-bond donors (Lipinski definition) is 0. The molecule has 0 saturated heterocycles. The van der Waals surface area contributed by atoms with Crippen molar-refractivity contribution in [1.82, 2.24) is 0 Å². The number of ether oxygens (including phenoxy) is 2. The lowest BCUT2D eigenvalue weighted by Gasteiger charge is -2.40. The van der Waals surface area contributed by atoms with Gasteiger partial charge in [-0.2, -0.15) is 0 Å². The fourth-order valence-electron chi connectivity index (χ4n) is 2.92. The van der Waals surface area contributed by atoms with Crippen molar-refractivity contribution in [2.45, 2.75) is 36.7 Å². The molecule has 0 spiro atoms. The molecule has 0 amide bonds. The lowest BCUT2D eigenvalue weighted by Crippen LogP contribution is -2.47. The Morgan fingerprint density at radius 2 is 2.14 bits per heavy atom. The summed E-state index contributed by atoms with van der Waals surface area (Å²) in [7, 11) is 0. The molecule has 4 nitrogen and oxygen atoms in total. The normalized spacial score (nSPS) is 31.0. The quantitative estimate of drug-likeness (QED) is 0.621. The van der Waals surface area contributed by atoms with Gasteiger partial charge in [-0.3, -0.25) is 4.79 Å². The van der Waals surface area contributed by atoms with Crippen LogP contribution in [0.4, 0.5) is 0 Å². The molecule has 1 aromatic rings. The lowest BCUT2D eigenvalue weighted by atomic mass is 9.82. The SMILES string of the molecule is CCOC(=O)[C@@H]1C[C@H](Br)[C@H]2C[C@@H]1N=C(c1ccccc1)O2. The third-order valence-corrected chi connectivity index (χ3v) is 4.94. The van der Waals surface area contributed by atoms with Crippen LogP contribution in [0.1, 0.15) is 25.3 Å². The van der Waals surface area contributed by atoms with Crippen LogP contribution in [0.5, 0.6) is 0 Å². The molecule has 1 aliphatic carbocycles. The number of esters is 1. The van der Waals surface area contributed by atoms with Crippen LogP contribution in [-0.4, -0.2) is 35.4 Å². The van der Waals surface area contributed by atoms with Crippen molar-refractivity contribution in [3.05, 3.63) is 35.9 Å². The Labute approximate surface area is 132 Å². The Kier molecular flexibility index (Phi) is 4.29. The van der Waals surface area contributed by atoms with Gasteiger partial charge in [-0.25, -0.2) is 4.99 Å². The fourth-order valence-corrected chi connectivity index (χ4v) is 3.64. The minimum atomic E-state index is -0.187. The molecule has 2 bridgehead atoms. The largest absolute Gasteiger partial charge is 0.473 e. The molecule has 1 aromatic carbocycles. The van der Waals surface area contributed by atoms with Gasteiger partial charge in [-0.1, -0.05) is 34.1 Å². The number of alkyl halides is 1. The number of rotatable bonds is 3. The standard InChI is InChI=1S/C16H18BrNO3/c1-2-20-16(19)11-8-12(17)14-9-13(11)18-15(21-14)10-6-4-3-5-7-10/h3-7,11-14H,2,8-9H2,1H3/t11-,12+,13+,14-/m1/s1. The maximum Gasteiger partial charge on any atom is 0.311 e. The zero-order valence-corrected chi connectivity index (χ0v) is 13.5. The highest BCUT2D eigenvalue weighted by Crippen LogP contribution is 2.37. The minimum Gasteiger partial charge on any atom is -0.473 e. The van der Waals surface area contributed by atoms with E-state index in [1.54, 1.807) is 0 Å². The summed E-state index contributed by atoms with van der Waals surface area (Å²) in [5.41, 5.74) is 0.955. The first-order valence-corrected chi connectivity index (χ1v) is 8.21. The molecule has 0 radical (unpaired) electrons. The second kappa shape index (κ2) is 6.18. The number of fused-ring (bicyclic) bond motifs is 2. The first-order valence-electron chi connectivity index (χ1n) is 7.29. The number of hydrogen-bond acceptors (Lipinski definition) is 4. The van der Waals surface area contributed by atoms with E-state index in [1.165, 1.54) is 0 Å². The van der Waals surface area contributed by atoms with Gasteiger partial charge in [0.15, 0.2) is 0 Å². The summed E-state index contributed by atoms with van der Waals surface area (Å²) in [6.45, 7) is 2.24. The number of benzene rings is 1. The highest BCUT2D eigenvalue weighted by Gasteiger charge is 2.44. The Hall–Kier alpha value is -1.36. The highest BCUT2D eigenvalue weighted by molar-refractivity contribution is 9.09. The molecule has 0 unspecified atom stereocenters. The van der Waals surface area contributed by atoms with Gasteiger partial charge in [0.2, 0.25) is 5.90 Å². The number of halogens is 1. The van der Waals surface area contributed by atoms with Crippen LogP contribution in [0, 0.1) is 5.92 Å². The predicted octanol–water partition coefficient (Wildman–Crippen LogP) is 2.94. The summed E-state index contributed by atoms with van der Waals surface area (Å²) in [6.07, 6.45) is 1.53. The number of carbonyl (C=O) groups excluding carboxylic acids is 1. The van der Waals surface area contributed by atoms with Crippen molar-refractivity contribution in [3.63, 3.8) is 0 Å². The zero-order valence-electron chi connectivity index (χ0n) is 11.9. The third-order valence-electron chi connectivity index (χ3n) is 3.98. The second-order valence-corrected chi connectivity index (χ2v) is 6.55. The maximum absolute atomic E-state index is 12.1. The average molecular weight is 352 g/mol. The lowest BCUT2D eigenvalue weighted by molar-refractivity contribution is -0.150. The minimum absolute atomic E-state index is 0.0493. The van der Waals surface area contributed by atoms with Crippen LogP contribution in [0.2, 0.25) is 0 Å². The molecule has 0 aromatic heterocycles. The van der Waals surface area contributed by atoms with Crippen LogP contribution in [0.25, 0.3) is 0 Å². The third kappa shape index (κ3) is 2.98. The van der Waals surface area contributed by atoms with Crippen LogP contribution in [0.3, 0.4) is 0 Å². The summed E-state index contributed by atoms with van der Waals surface area (Å²) in [5.74, 6) is 0.298. The molecule has 1 aliphatic heterocycles. The molecule has 0 N–H and O–H groups in total. The van der Waals surface area contributed by atoms with Gasteiger partial charge in [0.1, 0.15) is 6.10 Å². The van der Waals surface area contributed by atoms with E-state index in [0.29, 0.717) is 18.9 Å². The molecule has 4 atom stereocenters. The van der Waals surface area contributed by atoms with E-state index in [-0.39, 0.29) is 28.9 Å². The highest BCUT2D eigenvalue weighted by atomic mass is 79.9. The summed E-state index contributed by atoms with van der Waals surface area (Å²) in [6, 6.07) is 9.78. The van der Waals surface area contributed by atoms with Crippen LogP contribution >= 0.6 is 15.9 Å². The molecule has 21 heavy (non-hydrogen) atoms. The van der Waals surface area contributed by atoms with Crippen molar-refractivity contribution < 1.29 is 14.3 Å². The van der Waals surface area contributed by atoms with E-state index in [1.807, 2.05) is 37.3 Å². The topological polar surface area (TPSA) is 47.9 Å². The molecule has 1 fully saturated rings. The first kappa shape index (κ1) is 14.6. The van der Waals surface area contributed by atoms with Crippen LogP contribution in [0.15, 0.2) is 35.3 Å². The van der Waals surface area contributed by atoms with Gasteiger partial charge < -0.3 is 9.47 Å². The van der Waals surface area contributed by atoms with Crippen LogP contribution < -0.4 is 0 Å². The van der Waals surface area contributed by atoms with E-state index < -0.39 is 0 Å². The molecular weight excluding hydrogens is 334 g/mol. The summed E-state index contributed by atoms with van der Waals surface area (Å²) >= 11 is 3.65. The number of nitrogens with zero attached hydrogens (tertiary/aromatic N) is 1. The van der Waals surface area contributed by atoms with Crippen LogP contribution in [-0.2, 0) is 14.3 Å². The van der Waals surface area contributed by atoms with E-state index in [0.717, 1.165) is 12.0 Å². The maximum atomic E-state index is 12.1. The Balaban J connectivity index is 1.88. The van der Waals surface area contributed by atoms with Crippen molar-refractivity contribution in [2.24, 2.45) is 10.9 Å². The van der Waals surface area contributed by atoms with Gasteiger partial charge in [0.25, 0.3) is 0 Å². The Morgan fingerprint density at radius 3 is 2.86 bits per heavy atom. The van der Waals surface area contributed by atoms with Gasteiger partial charge in [0, 0.05) is 12.0 Å². The summed E-state index contributed by atoms with van der Waals surface area (Å²) in [5, 5.41) is 0. The molecule has 5 heteroatoms. The Bertz CT molecular complexity index is 546. The van der Waals surface area contributed by atoms with Crippen molar-refractivity contribution >= 4 is 27.8 Å². The summed E-state index contributed by atoms with van der Waals surface area (Å²) in [4.78, 5) is 16.9. The van der Waals surface area contributed by atoms with E-state index in [2.05, 4.69) is 20.9 Å². The first-order chi connectivity index (χ1) is 10.2. The van der Waals surface area contributed by atoms with Gasteiger partial charge in [-0.05, 0) is 25.5 Å². The van der Waals surface area contributed by atoms with E-state index >= 15 is 0 Å². The summed E-state index contributed by atoms with van der Waals surface area (Å²) < 4.78 is 11.2. The van der Waals surface area contributed by atoms with Gasteiger partial charge in [0.05, 0.1) is 23.4 Å². The average Bonchev–Trinajstić information content (AvgIpc) is 2.52. The second-order valence-electron chi connectivity index (χ2n) is 5.37. The fraction of sp³-hybridized carbons (Fsp3) is 0.500. The molecule has 2 aliphatic rings. The van der Waals surface area contributed by atoms with E-state index in [9.17, 15) is 4.79 Å². The van der Waals surface area contributed by atoms with Gasteiger partial charge in [-0.15, -0.1) is 0 Å². The molecule has 1 heterocycles. The molecule has 3 rings (SSSR count). The zero-order chi connectivity index (χ0) is 14.8. The monoisotopic (exact) mass is 351 g/mol. The molecule has 112 valence electrons. The Morgan fingerprint density at radius 1 is 1.38 bits per heavy atom. The number of carbonyl (C=O) groups is 1. The number of aliphatic imine (C=N–C) groups is 1. The smallest absolute Gasteiger partial charge is 0.311 e. The predicted molar refractivity (Wildman–Crippen MR) is 83.7 cm³/mol. The molecular formula is C16H18BrNO3.